The van der Waals surface area contributed by atoms with Crippen molar-refractivity contribution < 1.29 is 56.1 Å². The Labute approximate surface area is 209 Å². The molecule has 0 aromatic carbocycles. The molecule has 0 radical (unpaired) electrons. The van der Waals surface area contributed by atoms with Crippen LogP contribution < -0.4 is 51.4 Å². The Balaban J connectivity index is -0.000000347. The third-order valence-electron chi connectivity index (χ3n) is 4.52. The first-order chi connectivity index (χ1) is 12.0. The topological polar surface area (TPSA) is 26.6 Å². The average molecular weight is 397 g/mol. The summed E-state index contributed by atoms with van der Waals surface area (Å²) in [6.07, 6.45) is 10.7. The van der Waals surface area contributed by atoms with Crippen LogP contribution in [0.4, 0.5) is 0 Å². The second-order valence-corrected chi connectivity index (χ2v) is 7.70. The molecule has 0 heterocycles. The van der Waals surface area contributed by atoms with Gasteiger partial charge in [-0.25, -0.2) is 0 Å². The summed E-state index contributed by atoms with van der Waals surface area (Å²) in [4.78, 5) is 2.45. The van der Waals surface area contributed by atoms with E-state index >= 15 is 0 Å². The number of hydrogen-bond donors (Lipinski definition) is 0. The van der Waals surface area contributed by atoms with Crippen molar-refractivity contribution in [2.75, 3.05) is 33.9 Å². The van der Waals surface area contributed by atoms with Gasteiger partial charge in [0.15, 0.2) is 0 Å². The Morgan fingerprint density at radius 2 is 1.50 bits per heavy atom. The summed E-state index contributed by atoms with van der Waals surface area (Å²) in [6.45, 7) is 16.1. The van der Waals surface area contributed by atoms with E-state index in [1.54, 1.807) is 7.11 Å². The van der Waals surface area contributed by atoms with Crippen molar-refractivity contribution in [3.05, 3.63) is 5.32 Å². The van der Waals surface area contributed by atoms with Gasteiger partial charge in [-0.05, 0) is 19.9 Å². The summed E-state index contributed by atoms with van der Waals surface area (Å²) >= 11 is 0. The third-order valence-corrected chi connectivity index (χ3v) is 4.52. The zero-order chi connectivity index (χ0) is 19.5. The van der Waals surface area contributed by atoms with Crippen LogP contribution in [0.1, 0.15) is 92.9 Å². The predicted molar refractivity (Wildman–Crippen MR) is 115 cm³/mol. The minimum atomic E-state index is 0. The van der Waals surface area contributed by atoms with Gasteiger partial charge >= 0.3 is 51.4 Å². The fourth-order valence-electron chi connectivity index (χ4n) is 2.85. The van der Waals surface area contributed by atoms with E-state index in [2.05, 4.69) is 58.8 Å². The van der Waals surface area contributed by atoms with Gasteiger partial charge < -0.3 is 15.0 Å². The van der Waals surface area contributed by atoms with E-state index in [9.17, 15) is 0 Å². The fourth-order valence-corrected chi connectivity index (χ4v) is 2.85. The maximum absolute atomic E-state index is 5.06. The van der Waals surface area contributed by atoms with Crippen LogP contribution in [-0.4, -0.2) is 50.8 Å². The zero-order valence-electron chi connectivity index (χ0n) is 19.8. The SMILES string of the molecule is CCC.CCC(CC)[N-]CC(C)C.COCCN(C)C1CCCCC1.[K+]. The number of nitrogens with zero attached hydrogens (tertiary/aromatic N) is 2. The van der Waals surface area contributed by atoms with Crippen molar-refractivity contribution in [1.82, 2.24) is 4.90 Å². The molecule has 0 unspecified atom stereocenters. The standard InChI is InChI=1S/C10H21NO.C9H20N.C3H8.K/c1-11(8-9-12-2)10-6-4-3-5-7-10;1-5-9(6-2)10-7-8(3)4;1-3-2;/h10H,3-9H2,1-2H3;8-9H,5-7H2,1-4H3;3H2,1-2H3;/q;-1;;+1. The molecule has 1 saturated carbocycles. The first-order valence-corrected chi connectivity index (χ1v) is 10.8. The average Bonchev–Trinajstić information content (AvgIpc) is 2.62. The van der Waals surface area contributed by atoms with Gasteiger partial charge in [0.05, 0.1) is 6.61 Å². The summed E-state index contributed by atoms with van der Waals surface area (Å²) < 4.78 is 5.06. The van der Waals surface area contributed by atoms with E-state index in [0.717, 1.165) is 31.7 Å². The Morgan fingerprint density at radius 3 is 1.88 bits per heavy atom. The van der Waals surface area contributed by atoms with Crippen molar-refractivity contribution >= 4 is 0 Å². The van der Waals surface area contributed by atoms with Crippen molar-refractivity contribution in [1.29, 1.82) is 0 Å². The predicted octanol–water partition coefficient (Wildman–Crippen LogP) is 3.52. The molecular weight excluding hydrogens is 347 g/mol. The van der Waals surface area contributed by atoms with E-state index < -0.39 is 0 Å². The molecule has 1 rings (SSSR count). The molecule has 26 heavy (non-hydrogen) atoms. The van der Waals surface area contributed by atoms with Gasteiger partial charge in [0.1, 0.15) is 0 Å². The molecule has 0 amide bonds. The van der Waals surface area contributed by atoms with Crippen LogP contribution in [0.15, 0.2) is 0 Å². The second-order valence-electron chi connectivity index (χ2n) is 7.70. The van der Waals surface area contributed by atoms with Crippen LogP contribution in [0.3, 0.4) is 0 Å². The summed E-state index contributed by atoms with van der Waals surface area (Å²) in [5, 5.41) is 4.56. The number of likely N-dealkylation sites (N-methyl/N-ethyl adjacent to an activating group) is 1. The molecule has 0 atom stereocenters. The Morgan fingerprint density at radius 1 is 1.00 bits per heavy atom. The van der Waals surface area contributed by atoms with Crippen molar-refractivity contribution in [2.45, 2.75) is 105 Å². The molecule has 0 saturated heterocycles. The van der Waals surface area contributed by atoms with E-state index in [1.807, 2.05) is 0 Å². The summed E-state index contributed by atoms with van der Waals surface area (Å²) in [7, 11) is 3.99. The molecule has 0 aromatic heterocycles. The second kappa shape index (κ2) is 24.6. The Bertz CT molecular complexity index is 242. The van der Waals surface area contributed by atoms with Crippen LogP contribution in [0.2, 0.25) is 0 Å². The maximum atomic E-state index is 5.06. The van der Waals surface area contributed by atoms with E-state index in [4.69, 9.17) is 4.74 Å². The summed E-state index contributed by atoms with van der Waals surface area (Å²) in [5.41, 5.74) is 0. The van der Waals surface area contributed by atoms with Crippen LogP contribution in [0.25, 0.3) is 5.32 Å². The molecule has 154 valence electrons. The summed E-state index contributed by atoms with van der Waals surface area (Å²) in [5.74, 6) is 0.723. The van der Waals surface area contributed by atoms with Crippen molar-refractivity contribution in [2.24, 2.45) is 5.92 Å². The van der Waals surface area contributed by atoms with Crippen molar-refractivity contribution in [3.63, 3.8) is 0 Å². The number of ether oxygens (including phenoxy) is 1. The molecule has 0 spiro atoms. The molecule has 1 aliphatic rings. The van der Waals surface area contributed by atoms with E-state index in [0.29, 0.717) is 6.04 Å². The van der Waals surface area contributed by atoms with Gasteiger partial charge in [0.25, 0.3) is 0 Å². The van der Waals surface area contributed by atoms with Gasteiger partial charge in [0, 0.05) is 19.7 Å². The maximum Gasteiger partial charge on any atom is 1.00 e. The largest absolute Gasteiger partial charge is 1.00 e. The van der Waals surface area contributed by atoms with Crippen LogP contribution in [0.5, 0.6) is 0 Å². The molecule has 4 heteroatoms. The normalized spacial score (nSPS) is 14.4. The monoisotopic (exact) mass is 396 g/mol. The van der Waals surface area contributed by atoms with Gasteiger partial charge in [-0.1, -0.05) is 86.0 Å². The molecule has 0 aromatic rings. The smallest absolute Gasteiger partial charge is 0.659 e. The van der Waals surface area contributed by atoms with Gasteiger partial charge in [-0.3, -0.25) is 0 Å². The Hall–Kier alpha value is 1.52. The first-order valence-electron chi connectivity index (χ1n) is 10.8. The molecule has 0 N–H and O–H groups in total. The van der Waals surface area contributed by atoms with E-state index in [-0.39, 0.29) is 51.4 Å². The minimum Gasteiger partial charge on any atom is -0.659 e. The van der Waals surface area contributed by atoms with Crippen molar-refractivity contribution in [3.8, 4) is 0 Å². The quantitative estimate of drug-likeness (QED) is 0.557. The molecule has 0 aliphatic heterocycles. The van der Waals surface area contributed by atoms with Crippen LogP contribution in [0, 0.1) is 5.92 Å². The third kappa shape index (κ3) is 21.8. The molecule has 3 nitrogen and oxygen atoms in total. The molecular formula is C22H49KN2O. The molecule has 1 aliphatic carbocycles. The van der Waals surface area contributed by atoms with Gasteiger partial charge in [-0.2, -0.15) is 0 Å². The number of rotatable bonds is 9. The van der Waals surface area contributed by atoms with E-state index in [1.165, 1.54) is 51.4 Å². The first kappa shape index (κ1) is 32.2. The Kier molecular flexibility index (Phi) is 30.4. The zero-order valence-corrected chi connectivity index (χ0v) is 22.9. The minimum absolute atomic E-state index is 0. The van der Waals surface area contributed by atoms with Crippen LogP contribution >= 0.6 is 0 Å². The van der Waals surface area contributed by atoms with Gasteiger partial charge in [-0.15, -0.1) is 12.6 Å². The molecule has 1 fully saturated rings. The summed E-state index contributed by atoms with van der Waals surface area (Å²) in [6, 6.07) is 1.44. The molecule has 0 bridgehead atoms. The number of methoxy groups -OCH3 is 1. The number of hydrogen-bond acceptors (Lipinski definition) is 2. The van der Waals surface area contributed by atoms with Gasteiger partial charge in [0.2, 0.25) is 0 Å². The fraction of sp³-hybridized carbons (Fsp3) is 1.00. The van der Waals surface area contributed by atoms with Crippen LogP contribution in [-0.2, 0) is 4.74 Å².